The van der Waals surface area contributed by atoms with E-state index < -0.39 is 24.5 Å². The molecule has 1 amide bonds. The van der Waals surface area contributed by atoms with Gasteiger partial charge in [0.15, 0.2) is 12.4 Å². The van der Waals surface area contributed by atoms with E-state index in [-0.39, 0.29) is 11.5 Å². The SMILES string of the molecule is COC(=O)c1c(NC(=O)COC(=O)c2cc(C(C)=O)c[nH]2)sc2c1CCCCC2. The van der Waals surface area contributed by atoms with Crippen molar-refractivity contribution in [2.24, 2.45) is 0 Å². The van der Waals surface area contributed by atoms with Crippen LogP contribution in [0.4, 0.5) is 5.00 Å². The number of amides is 1. The first kappa shape index (κ1) is 20.8. The van der Waals surface area contributed by atoms with E-state index in [2.05, 4.69) is 10.3 Å². The lowest BCUT2D eigenvalue weighted by molar-refractivity contribution is -0.119. The number of aromatic amines is 1. The molecule has 0 radical (unpaired) electrons. The van der Waals surface area contributed by atoms with Crippen LogP contribution in [-0.4, -0.2) is 42.3 Å². The number of thiophene rings is 1. The largest absolute Gasteiger partial charge is 0.465 e. The van der Waals surface area contributed by atoms with Gasteiger partial charge in [-0.1, -0.05) is 6.42 Å². The Labute approximate surface area is 171 Å². The number of H-pyrrole nitrogens is 1. The predicted octanol–water partition coefficient (Wildman–Crippen LogP) is 3.13. The number of hydrogen-bond donors (Lipinski definition) is 2. The van der Waals surface area contributed by atoms with Crippen molar-refractivity contribution in [3.63, 3.8) is 0 Å². The van der Waals surface area contributed by atoms with Crippen LogP contribution in [0, 0.1) is 0 Å². The molecule has 0 saturated carbocycles. The van der Waals surface area contributed by atoms with Crippen molar-refractivity contribution in [2.45, 2.75) is 39.0 Å². The van der Waals surface area contributed by atoms with Gasteiger partial charge in [0.2, 0.25) is 0 Å². The normalized spacial score (nSPS) is 13.2. The zero-order valence-corrected chi connectivity index (χ0v) is 17.1. The minimum Gasteiger partial charge on any atom is -0.465 e. The summed E-state index contributed by atoms with van der Waals surface area (Å²) in [6, 6.07) is 1.37. The van der Waals surface area contributed by atoms with Gasteiger partial charge >= 0.3 is 11.9 Å². The van der Waals surface area contributed by atoms with Gasteiger partial charge in [0.25, 0.3) is 5.91 Å². The fourth-order valence-corrected chi connectivity index (χ4v) is 4.53. The highest BCUT2D eigenvalue weighted by molar-refractivity contribution is 7.17. The summed E-state index contributed by atoms with van der Waals surface area (Å²) in [6.45, 7) is 0.865. The fourth-order valence-electron chi connectivity index (χ4n) is 3.24. The summed E-state index contributed by atoms with van der Waals surface area (Å²) in [5.74, 6) is -1.98. The molecule has 0 unspecified atom stereocenters. The number of anilines is 1. The molecule has 2 aromatic rings. The zero-order chi connectivity index (χ0) is 21.0. The summed E-state index contributed by atoms with van der Waals surface area (Å²) in [5, 5.41) is 3.09. The summed E-state index contributed by atoms with van der Waals surface area (Å²) < 4.78 is 9.90. The molecule has 154 valence electrons. The quantitative estimate of drug-likeness (QED) is 0.423. The van der Waals surface area contributed by atoms with Crippen LogP contribution < -0.4 is 5.32 Å². The third-order valence-corrected chi connectivity index (χ3v) is 5.91. The maximum absolute atomic E-state index is 12.3. The number of Topliss-reactive ketones (excluding diaryl/α,β-unsaturated/α-hetero) is 1. The summed E-state index contributed by atoms with van der Waals surface area (Å²) in [7, 11) is 1.31. The molecule has 8 nitrogen and oxygen atoms in total. The number of ketones is 1. The average Bonchev–Trinajstić information content (AvgIpc) is 3.25. The van der Waals surface area contributed by atoms with E-state index in [1.807, 2.05) is 0 Å². The van der Waals surface area contributed by atoms with Crippen LogP contribution in [0.1, 0.15) is 67.8 Å². The minimum atomic E-state index is -0.747. The van der Waals surface area contributed by atoms with Gasteiger partial charge in [0.1, 0.15) is 10.7 Å². The van der Waals surface area contributed by atoms with E-state index in [1.54, 1.807) is 0 Å². The number of hydrogen-bond acceptors (Lipinski definition) is 7. The van der Waals surface area contributed by atoms with Crippen LogP contribution in [0.25, 0.3) is 0 Å². The maximum atomic E-state index is 12.3. The number of methoxy groups -OCH3 is 1. The number of carbonyl (C=O) groups is 4. The maximum Gasteiger partial charge on any atom is 0.355 e. The lowest BCUT2D eigenvalue weighted by Crippen LogP contribution is -2.22. The van der Waals surface area contributed by atoms with Gasteiger partial charge in [-0.05, 0) is 44.2 Å². The molecule has 0 aromatic carbocycles. The summed E-state index contributed by atoms with van der Waals surface area (Å²) >= 11 is 1.37. The highest BCUT2D eigenvalue weighted by Gasteiger charge is 2.26. The fraction of sp³-hybridized carbons (Fsp3) is 0.400. The second-order valence-corrected chi connectivity index (χ2v) is 7.85. The molecule has 0 bridgehead atoms. The molecule has 2 aromatic heterocycles. The van der Waals surface area contributed by atoms with Crippen LogP contribution >= 0.6 is 11.3 Å². The van der Waals surface area contributed by atoms with E-state index in [1.165, 1.54) is 37.6 Å². The molecule has 29 heavy (non-hydrogen) atoms. The van der Waals surface area contributed by atoms with Crippen molar-refractivity contribution in [2.75, 3.05) is 19.0 Å². The van der Waals surface area contributed by atoms with Gasteiger partial charge in [-0.25, -0.2) is 9.59 Å². The van der Waals surface area contributed by atoms with Crippen molar-refractivity contribution in [1.29, 1.82) is 0 Å². The highest BCUT2D eigenvalue weighted by Crippen LogP contribution is 2.37. The molecule has 0 atom stereocenters. The van der Waals surface area contributed by atoms with Gasteiger partial charge in [-0.3, -0.25) is 9.59 Å². The predicted molar refractivity (Wildman–Crippen MR) is 107 cm³/mol. The number of ether oxygens (including phenoxy) is 2. The van der Waals surface area contributed by atoms with Crippen LogP contribution in [-0.2, 0) is 27.1 Å². The molecule has 1 aliphatic rings. The van der Waals surface area contributed by atoms with Gasteiger partial charge in [0, 0.05) is 16.6 Å². The van der Waals surface area contributed by atoms with Crippen molar-refractivity contribution in [3.05, 3.63) is 39.5 Å². The average molecular weight is 418 g/mol. The lowest BCUT2D eigenvalue weighted by atomic mass is 10.1. The van der Waals surface area contributed by atoms with E-state index >= 15 is 0 Å². The molecule has 0 fully saturated rings. The number of nitrogens with one attached hydrogen (secondary N) is 2. The summed E-state index contributed by atoms with van der Waals surface area (Å²) in [4.78, 5) is 51.7. The van der Waals surface area contributed by atoms with Gasteiger partial charge < -0.3 is 19.8 Å². The number of aromatic nitrogens is 1. The van der Waals surface area contributed by atoms with Crippen molar-refractivity contribution in [1.82, 2.24) is 4.98 Å². The Morgan fingerprint density at radius 3 is 2.59 bits per heavy atom. The van der Waals surface area contributed by atoms with Crippen LogP contribution in [0.3, 0.4) is 0 Å². The van der Waals surface area contributed by atoms with Crippen LogP contribution in [0.2, 0.25) is 0 Å². The Bertz CT molecular complexity index is 958. The minimum absolute atomic E-state index is 0.0843. The van der Waals surface area contributed by atoms with E-state index in [9.17, 15) is 19.2 Å². The summed E-state index contributed by atoms with van der Waals surface area (Å²) in [5.41, 5.74) is 1.77. The first-order chi connectivity index (χ1) is 13.9. The van der Waals surface area contributed by atoms with Gasteiger partial charge in [0.05, 0.1) is 12.7 Å². The Hall–Kier alpha value is -2.94. The Morgan fingerprint density at radius 2 is 1.90 bits per heavy atom. The number of esters is 2. The number of aryl methyl sites for hydroxylation is 1. The molecule has 2 N–H and O–H groups in total. The Morgan fingerprint density at radius 1 is 1.14 bits per heavy atom. The lowest BCUT2D eigenvalue weighted by Gasteiger charge is -2.08. The van der Waals surface area contributed by atoms with Crippen molar-refractivity contribution in [3.8, 4) is 0 Å². The zero-order valence-electron chi connectivity index (χ0n) is 16.3. The molecule has 2 heterocycles. The first-order valence-electron chi connectivity index (χ1n) is 9.30. The topological polar surface area (TPSA) is 115 Å². The molecular weight excluding hydrogens is 396 g/mol. The monoisotopic (exact) mass is 418 g/mol. The second kappa shape index (κ2) is 9.04. The molecule has 0 saturated heterocycles. The molecular formula is C20H22N2O6S. The van der Waals surface area contributed by atoms with Crippen LogP contribution in [0.15, 0.2) is 12.3 Å². The van der Waals surface area contributed by atoms with E-state index in [0.717, 1.165) is 42.5 Å². The molecule has 0 aliphatic heterocycles. The number of rotatable bonds is 6. The first-order valence-corrected chi connectivity index (χ1v) is 10.1. The smallest absolute Gasteiger partial charge is 0.355 e. The third-order valence-electron chi connectivity index (χ3n) is 4.71. The summed E-state index contributed by atoms with van der Waals surface area (Å²) in [6.07, 6.45) is 6.16. The number of fused-ring (bicyclic) bond motifs is 1. The third kappa shape index (κ3) is 4.73. The highest BCUT2D eigenvalue weighted by atomic mass is 32.1. The van der Waals surface area contributed by atoms with E-state index in [4.69, 9.17) is 9.47 Å². The second-order valence-electron chi connectivity index (χ2n) is 6.74. The standard InChI is InChI=1S/C20H22N2O6S/c1-11(23)12-8-14(21-9-12)19(25)28-10-16(24)22-18-17(20(26)27-2)13-6-4-3-5-7-15(13)29-18/h8-9,21H,3-7,10H2,1-2H3,(H,22,24). The van der Waals surface area contributed by atoms with Gasteiger partial charge in [-0.2, -0.15) is 0 Å². The number of carbonyl (C=O) groups excluding carboxylic acids is 4. The van der Waals surface area contributed by atoms with Crippen LogP contribution in [0.5, 0.6) is 0 Å². The van der Waals surface area contributed by atoms with Crippen molar-refractivity contribution < 1.29 is 28.7 Å². The van der Waals surface area contributed by atoms with E-state index in [0.29, 0.717) is 16.1 Å². The molecule has 1 aliphatic carbocycles. The molecule has 0 spiro atoms. The van der Waals surface area contributed by atoms with Crippen molar-refractivity contribution >= 4 is 40.0 Å². The van der Waals surface area contributed by atoms with Gasteiger partial charge in [-0.15, -0.1) is 11.3 Å². The molecule has 3 rings (SSSR count). The Kier molecular flexibility index (Phi) is 6.48. The molecule has 9 heteroatoms. The Balaban J connectivity index is 1.67.